The molecule has 0 bridgehead atoms. The van der Waals surface area contributed by atoms with Crippen LogP contribution in [-0.2, 0) is 19.1 Å². The molecule has 0 aliphatic carbocycles. The van der Waals surface area contributed by atoms with Gasteiger partial charge in [0, 0.05) is 0 Å². The molecule has 0 radical (unpaired) electrons. The van der Waals surface area contributed by atoms with E-state index >= 15 is 0 Å². The molecule has 0 spiro atoms. The van der Waals surface area contributed by atoms with Crippen molar-refractivity contribution in [3.8, 4) is 0 Å². The zero-order valence-corrected chi connectivity index (χ0v) is 41.6. The molecule has 55 heavy (non-hydrogen) atoms. The van der Waals surface area contributed by atoms with Crippen molar-refractivity contribution in [2.24, 2.45) is 0 Å². The van der Waals surface area contributed by atoms with E-state index in [4.69, 9.17) is 9.47 Å². The summed E-state index contributed by atoms with van der Waals surface area (Å²) >= 11 is -2.57. The van der Waals surface area contributed by atoms with E-state index in [1.54, 1.807) is 0 Å². The second-order valence-corrected chi connectivity index (χ2v) is 42.5. The Morgan fingerprint density at radius 2 is 0.691 bits per heavy atom. The topological polar surface area (TPSA) is 52.6 Å². The molecular weight excluding hydrogens is 823 g/mol. The van der Waals surface area contributed by atoms with Crippen LogP contribution >= 0.6 is 17.9 Å². The van der Waals surface area contributed by atoms with Gasteiger partial charge in [-0.3, -0.25) is 0 Å². The summed E-state index contributed by atoms with van der Waals surface area (Å²) in [6, 6.07) is 0. The molecule has 0 aromatic rings. The van der Waals surface area contributed by atoms with E-state index in [2.05, 4.69) is 69.9 Å². The first-order chi connectivity index (χ1) is 27.0. The molecule has 0 atom stereocenters. The average Bonchev–Trinajstić information content (AvgIpc) is 3.19. The fourth-order valence-corrected chi connectivity index (χ4v) is 36.8. The van der Waals surface area contributed by atoms with Crippen molar-refractivity contribution in [1.29, 1.82) is 0 Å². The minimum atomic E-state index is -2.57. The average molecular weight is 916 g/mol. The molecule has 0 aliphatic rings. The molecule has 0 fully saturated rings. The van der Waals surface area contributed by atoms with Crippen molar-refractivity contribution in [3.05, 3.63) is 24.3 Å². The van der Waals surface area contributed by atoms with Gasteiger partial charge in [-0.15, -0.1) is 0 Å². The van der Waals surface area contributed by atoms with Crippen molar-refractivity contribution in [2.75, 3.05) is 24.7 Å². The Labute approximate surface area is 353 Å². The van der Waals surface area contributed by atoms with Crippen LogP contribution in [0.3, 0.4) is 0 Å². The van der Waals surface area contributed by atoms with E-state index in [0.717, 1.165) is 37.2 Å². The minimum Gasteiger partial charge on any atom is -0.0885 e. The molecule has 7 heteroatoms. The summed E-state index contributed by atoms with van der Waals surface area (Å²) in [6.07, 6.45) is 48.6. The molecule has 0 amide bonds. The summed E-state index contributed by atoms with van der Waals surface area (Å²) in [7, 11) is 4.35. The summed E-state index contributed by atoms with van der Waals surface area (Å²) < 4.78 is 14.1. The number of esters is 2. The fourth-order valence-electron chi connectivity index (χ4n) is 6.94. The van der Waals surface area contributed by atoms with Crippen LogP contribution < -0.4 is 0 Å². The molecule has 324 valence electrons. The van der Waals surface area contributed by atoms with E-state index in [1.807, 2.05) is 0 Å². The van der Waals surface area contributed by atoms with Gasteiger partial charge in [-0.05, 0) is 25.7 Å². The minimum absolute atomic E-state index is 0.0213. The molecule has 0 N–H and O–H groups in total. The predicted molar refractivity (Wildman–Crippen MR) is 251 cm³/mol. The van der Waals surface area contributed by atoms with E-state index in [0.29, 0.717) is 26.1 Å². The monoisotopic (exact) mass is 917 g/mol. The number of ether oxygens (including phenoxy) is 2. The van der Waals surface area contributed by atoms with Crippen molar-refractivity contribution in [3.63, 3.8) is 0 Å². The van der Waals surface area contributed by atoms with Gasteiger partial charge in [0.05, 0.1) is 0 Å². The van der Waals surface area contributed by atoms with Crippen LogP contribution in [0, 0.1) is 0 Å². The SMILES string of the molecule is CCCCCCCCC=CCCCCCCCC(=O)OCC[S][Sn]([CH2]CCC)([CH2]CCC)[S]CCOC(=O)CCCCCCCC=CCCCCCCCC. The number of rotatable bonds is 44. The Morgan fingerprint density at radius 1 is 0.400 bits per heavy atom. The van der Waals surface area contributed by atoms with E-state index in [-0.39, 0.29) is 11.9 Å². The summed E-state index contributed by atoms with van der Waals surface area (Å²) in [5.41, 5.74) is 0. The zero-order valence-electron chi connectivity index (χ0n) is 37.1. The molecule has 0 heterocycles. The fraction of sp³-hybridized carbons (Fsp3) is 0.875. The smallest absolute Gasteiger partial charge is 0.0885 e. The number of allylic oxidation sites excluding steroid dienone is 4. The van der Waals surface area contributed by atoms with Gasteiger partial charge in [0.1, 0.15) is 0 Å². The summed E-state index contributed by atoms with van der Waals surface area (Å²) in [4.78, 5) is 24.9. The van der Waals surface area contributed by atoms with Crippen LogP contribution in [0.4, 0.5) is 0 Å². The summed E-state index contributed by atoms with van der Waals surface area (Å²) in [6.45, 7) is 10.2. The normalized spacial score (nSPS) is 12.0. The molecule has 0 rings (SSSR count). The van der Waals surface area contributed by atoms with Gasteiger partial charge in [0.25, 0.3) is 0 Å². The van der Waals surface area contributed by atoms with Gasteiger partial charge < -0.3 is 0 Å². The second-order valence-electron chi connectivity index (χ2n) is 15.9. The number of unbranched alkanes of at least 4 members (excludes halogenated alkanes) is 24. The van der Waals surface area contributed by atoms with Gasteiger partial charge in [0.15, 0.2) is 0 Å². The summed E-state index contributed by atoms with van der Waals surface area (Å²) in [5.74, 6) is 1.80. The Bertz CT molecular complexity index is 810. The van der Waals surface area contributed by atoms with Crippen molar-refractivity contribution < 1.29 is 19.1 Å². The van der Waals surface area contributed by atoms with Crippen LogP contribution in [0.2, 0.25) is 8.87 Å². The number of carbonyl (C=O) groups is 2. The quantitative estimate of drug-likeness (QED) is 0.0263. The molecule has 4 nitrogen and oxygen atoms in total. The molecule has 0 saturated carbocycles. The zero-order chi connectivity index (χ0) is 40.2. The first-order valence-electron chi connectivity index (χ1n) is 23.9. The van der Waals surface area contributed by atoms with Crippen LogP contribution in [0.1, 0.15) is 233 Å². The van der Waals surface area contributed by atoms with E-state index < -0.39 is 15.6 Å². The Morgan fingerprint density at radius 3 is 1.02 bits per heavy atom. The molecule has 0 aromatic carbocycles. The predicted octanol–water partition coefficient (Wildman–Crippen LogP) is 16.7. The Balaban J connectivity index is 4.10. The maximum atomic E-state index is 12.5. The third-order valence-electron chi connectivity index (χ3n) is 10.5. The van der Waals surface area contributed by atoms with Crippen LogP contribution in [0.5, 0.6) is 0 Å². The maximum absolute atomic E-state index is 12.5. The number of hydrogen-bond donors (Lipinski definition) is 0. The van der Waals surface area contributed by atoms with Gasteiger partial charge >= 0.3 is 228 Å². The van der Waals surface area contributed by atoms with Gasteiger partial charge in [-0.2, -0.15) is 0 Å². The summed E-state index contributed by atoms with van der Waals surface area (Å²) in [5, 5.41) is 0. The van der Waals surface area contributed by atoms with E-state index in [9.17, 15) is 9.59 Å². The van der Waals surface area contributed by atoms with Gasteiger partial charge in [0.2, 0.25) is 0 Å². The van der Waals surface area contributed by atoms with Crippen LogP contribution in [-0.4, -0.2) is 52.3 Å². The van der Waals surface area contributed by atoms with Crippen LogP contribution in [0.15, 0.2) is 24.3 Å². The second kappa shape index (κ2) is 45.0. The van der Waals surface area contributed by atoms with Crippen LogP contribution in [0.25, 0.3) is 0 Å². The standard InChI is InChI=1S/2C20H38O2S.2C4H9.Sn/c2*1-2-3-4-5-6-7-8-9-10-11-12-13-14-15-16-17-20(21)22-18-19-23;2*1-3-4-2;/h2*9-10,23H,2-8,11-19H2,1H3;2*1,3-4H2,2H3;/q;;;;+2/p-2. The molecule has 0 aromatic heterocycles. The number of hydrogen-bond acceptors (Lipinski definition) is 6. The molecule has 0 unspecified atom stereocenters. The van der Waals surface area contributed by atoms with Crippen molar-refractivity contribution in [2.45, 2.75) is 242 Å². The van der Waals surface area contributed by atoms with E-state index in [1.165, 1.54) is 176 Å². The van der Waals surface area contributed by atoms with Gasteiger partial charge in [-0.25, -0.2) is 0 Å². The molecule has 0 aliphatic heterocycles. The first kappa shape index (κ1) is 54.9. The third-order valence-corrected chi connectivity index (χ3v) is 41.4. The molecule has 0 saturated heterocycles. The van der Waals surface area contributed by atoms with Crippen molar-refractivity contribution >= 4 is 45.4 Å². The third kappa shape index (κ3) is 40.5. The Kier molecular flexibility index (Phi) is 44.9. The molecular formula is C48H92O4S2Sn. The number of carbonyl (C=O) groups excluding carboxylic acids is 2. The van der Waals surface area contributed by atoms with Crippen molar-refractivity contribution in [1.82, 2.24) is 0 Å². The first-order valence-corrected chi connectivity index (χ1v) is 36.9. The van der Waals surface area contributed by atoms with Gasteiger partial charge in [-0.1, -0.05) is 102 Å². The Hall–Kier alpha value is -0.0813.